The molecule has 2 heterocycles. The maximum Gasteiger partial charge on any atom is 0.262 e. The topological polar surface area (TPSA) is 66.6 Å². The molecule has 0 radical (unpaired) electrons. The maximum absolute atomic E-state index is 12.0. The van der Waals surface area contributed by atoms with Crippen LogP contribution in [0.1, 0.15) is 12.2 Å². The number of nitrogens with zero attached hydrogens (tertiary/aromatic N) is 2. The lowest BCUT2D eigenvalue weighted by Crippen LogP contribution is -2.35. The summed E-state index contributed by atoms with van der Waals surface area (Å²) in [4.78, 5) is 17.6. The van der Waals surface area contributed by atoms with Gasteiger partial charge in [-0.2, -0.15) is 0 Å². The van der Waals surface area contributed by atoms with Crippen LogP contribution in [0.25, 0.3) is 11.5 Å². The zero-order chi connectivity index (χ0) is 14.3. The van der Waals surface area contributed by atoms with E-state index in [1.165, 1.54) is 11.1 Å². The average molecular weight is 293 g/mol. The highest BCUT2D eigenvalue weighted by molar-refractivity contribution is 6.30. The van der Waals surface area contributed by atoms with Crippen molar-refractivity contribution in [2.24, 2.45) is 0 Å². The number of hydrogen-bond donors (Lipinski definition) is 1. The number of oxazole rings is 1. The number of hydrogen-bond acceptors (Lipinski definition) is 4. The number of halogens is 1. The molecule has 1 aromatic heterocycles. The molecule has 0 spiro atoms. The minimum Gasteiger partial charge on any atom is -0.438 e. The van der Waals surface area contributed by atoms with Crippen molar-refractivity contribution in [2.45, 2.75) is 12.0 Å². The van der Waals surface area contributed by atoms with Crippen molar-refractivity contribution in [1.82, 2.24) is 9.88 Å². The van der Waals surface area contributed by atoms with Crippen molar-refractivity contribution in [2.75, 3.05) is 13.6 Å². The number of carbonyl (C=O) groups excluding carboxylic acids is 1. The highest BCUT2D eigenvalue weighted by Gasteiger charge is 2.48. The number of aliphatic hydroxyl groups is 1. The first-order chi connectivity index (χ1) is 9.50. The molecule has 104 valence electrons. The van der Waals surface area contributed by atoms with Crippen LogP contribution in [0.2, 0.25) is 5.02 Å². The molecule has 1 aromatic carbocycles. The fraction of sp³-hybridized carbons (Fsp3) is 0.286. The third-order valence-corrected chi connectivity index (χ3v) is 3.73. The Balaban J connectivity index is 1.97. The molecular formula is C14H13ClN2O3. The van der Waals surface area contributed by atoms with Gasteiger partial charge in [-0.1, -0.05) is 17.7 Å². The highest BCUT2D eigenvalue weighted by Crippen LogP contribution is 2.34. The zero-order valence-electron chi connectivity index (χ0n) is 10.8. The predicted octanol–water partition coefficient (Wildman–Crippen LogP) is 2.04. The van der Waals surface area contributed by atoms with Gasteiger partial charge in [0, 0.05) is 30.6 Å². The number of rotatable bonds is 2. The first-order valence-electron chi connectivity index (χ1n) is 6.21. The molecule has 0 aliphatic carbocycles. The summed E-state index contributed by atoms with van der Waals surface area (Å²) in [6.45, 7) is 0.489. The number of amides is 1. The molecule has 5 nitrogen and oxygen atoms in total. The summed E-state index contributed by atoms with van der Waals surface area (Å²) >= 11 is 5.92. The van der Waals surface area contributed by atoms with E-state index in [-0.39, 0.29) is 11.7 Å². The van der Waals surface area contributed by atoms with E-state index in [0.717, 1.165) is 0 Å². The molecule has 1 N–H and O–H groups in total. The van der Waals surface area contributed by atoms with Gasteiger partial charge in [-0.05, 0) is 18.2 Å². The molecule has 20 heavy (non-hydrogen) atoms. The molecule has 0 saturated carbocycles. The lowest BCUT2D eigenvalue weighted by Gasteiger charge is -2.17. The van der Waals surface area contributed by atoms with Gasteiger partial charge in [0.15, 0.2) is 5.76 Å². The van der Waals surface area contributed by atoms with E-state index >= 15 is 0 Å². The normalized spacial score (nSPS) is 22.6. The number of likely N-dealkylation sites (N-methyl/N-ethyl adjacent to an activating group) is 1. The Hall–Kier alpha value is -1.85. The van der Waals surface area contributed by atoms with E-state index in [9.17, 15) is 9.90 Å². The Morgan fingerprint density at radius 3 is 2.95 bits per heavy atom. The minimum atomic E-state index is -1.61. The van der Waals surface area contributed by atoms with Crippen molar-refractivity contribution >= 4 is 17.5 Å². The van der Waals surface area contributed by atoms with Crippen LogP contribution < -0.4 is 0 Å². The molecule has 1 saturated heterocycles. The number of carbonyl (C=O) groups is 1. The molecule has 1 aliphatic rings. The Labute approximate surface area is 120 Å². The van der Waals surface area contributed by atoms with E-state index in [2.05, 4.69) is 4.98 Å². The molecule has 2 aromatic rings. The van der Waals surface area contributed by atoms with Crippen molar-refractivity contribution in [1.29, 1.82) is 0 Å². The SMILES string of the molecule is CN1CCC(O)(c2cnc(-c3cccc(Cl)c3)o2)C1=O. The molecule has 6 heteroatoms. The molecule has 1 unspecified atom stereocenters. The van der Waals surface area contributed by atoms with Crippen molar-refractivity contribution in [3.8, 4) is 11.5 Å². The quantitative estimate of drug-likeness (QED) is 0.920. The van der Waals surface area contributed by atoms with Crippen LogP contribution in [-0.2, 0) is 10.4 Å². The second-order valence-corrected chi connectivity index (χ2v) is 5.31. The van der Waals surface area contributed by atoms with Crippen molar-refractivity contribution < 1.29 is 14.3 Å². The lowest BCUT2D eigenvalue weighted by atomic mass is 10.0. The van der Waals surface area contributed by atoms with Crippen molar-refractivity contribution in [3.05, 3.63) is 41.2 Å². The summed E-state index contributed by atoms with van der Waals surface area (Å²) in [6.07, 6.45) is 1.69. The second kappa shape index (κ2) is 4.61. The van der Waals surface area contributed by atoms with Crippen LogP contribution in [0.15, 0.2) is 34.9 Å². The van der Waals surface area contributed by atoms with E-state index in [1.54, 1.807) is 31.3 Å². The summed E-state index contributed by atoms with van der Waals surface area (Å²) < 4.78 is 5.56. The number of benzene rings is 1. The van der Waals surface area contributed by atoms with Crippen LogP contribution in [-0.4, -0.2) is 34.5 Å². The summed E-state index contributed by atoms with van der Waals surface area (Å²) in [5.41, 5.74) is -0.912. The summed E-state index contributed by atoms with van der Waals surface area (Å²) in [5, 5.41) is 11.0. The molecule has 1 atom stereocenters. The first kappa shape index (κ1) is 13.1. The van der Waals surface area contributed by atoms with Crippen LogP contribution in [0.3, 0.4) is 0 Å². The smallest absolute Gasteiger partial charge is 0.262 e. The van der Waals surface area contributed by atoms with Gasteiger partial charge in [0.25, 0.3) is 5.91 Å². The minimum absolute atomic E-state index is 0.168. The van der Waals surface area contributed by atoms with Gasteiger partial charge >= 0.3 is 0 Å². The number of likely N-dealkylation sites (tertiary alicyclic amines) is 1. The lowest BCUT2D eigenvalue weighted by molar-refractivity contribution is -0.144. The Kier molecular flexibility index (Phi) is 3.03. The summed E-state index contributed by atoms with van der Waals surface area (Å²) in [5.74, 6) is 0.131. The molecule has 0 bridgehead atoms. The second-order valence-electron chi connectivity index (χ2n) is 4.88. The highest BCUT2D eigenvalue weighted by atomic mass is 35.5. The van der Waals surface area contributed by atoms with E-state index < -0.39 is 5.60 Å². The van der Waals surface area contributed by atoms with Crippen LogP contribution in [0.5, 0.6) is 0 Å². The molecular weight excluding hydrogens is 280 g/mol. The van der Waals surface area contributed by atoms with Crippen molar-refractivity contribution in [3.63, 3.8) is 0 Å². The third kappa shape index (κ3) is 1.99. The van der Waals surface area contributed by atoms with E-state index in [0.29, 0.717) is 29.4 Å². The molecule has 3 rings (SSSR count). The molecule has 1 fully saturated rings. The van der Waals surface area contributed by atoms with Crippen LogP contribution >= 0.6 is 11.6 Å². The fourth-order valence-corrected chi connectivity index (χ4v) is 2.49. The number of aromatic nitrogens is 1. The summed E-state index contributed by atoms with van der Waals surface area (Å²) in [6, 6.07) is 7.04. The summed E-state index contributed by atoms with van der Waals surface area (Å²) in [7, 11) is 1.65. The van der Waals surface area contributed by atoms with E-state index in [1.807, 2.05) is 0 Å². The first-order valence-corrected chi connectivity index (χ1v) is 6.59. The van der Waals surface area contributed by atoms with E-state index in [4.69, 9.17) is 16.0 Å². The Morgan fingerprint density at radius 1 is 1.50 bits per heavy atom. The fourth-order valence-electron chi connectivity index (χ4n) is 2.30. The van der Waals surface area contributed by atoms with Crippen LogP contribution in [0.4, 0.5) is 0 Å². The zero-order valence-corrected chi connectivity index (χ0v) is 11.6. The van der Waals surface area contributed by atoms with Gasteiger partial charge in [-0.3, -0.25) is 4.79 Å². The van der Waals surface area contributed by atoms with Gasteiger partial charge < -0.3 is 14.4 Å². The Bertz CT molecular complexity index is 670. The van der Waals surface area contributed by atoms with Crippen LogP contribution in [0, 0.1) is 0 Å². The molecule has 1 amide bonds. The average Bonchev–Trinajstić information content (AvgIpc) is 3.02. The Morgan fingerprint density at radius 2 is 2.30 bits per heavy atom. The van der Waals surface area contributed by atoms with Gasteiger partial charge in [-0.25, -0.2) is 4.98 Å². The molecule has 1 aliphatic heterocycles. The standard InChI is InChI=1S/C14H13ClN2O3/c1-17-6-5-14(19,13(17)18)11-8-16-12(20-11)9-3-2-4-10(15)7-9/h2-4,7-8,19H,5-6H2,1H3. The maximum atomic E-state index is 12.0. The van der Waals surface area contributed by atoms with Gasteiger partial charge in [-0.15, -0.1) is 0 Å². The third-order valence-electron chi connectivity index (χ3n) is 3.49. The predicted molar refractivity (Wildman–Crippen MR) is 73.1 cm³/mol. The van der Waals surface area contributed by atoms with Gasteiger partial charge in [0.1, 0.15) is 0 Å². The van der Waals surface area contributed by atoms with Gasteiger partial charge in [0.05, 0.1) is 6.20 Å². The monoisotopic (exact) mass is 292 g/mol. The van der Waals surface area contributed by atoms with Gasteiger partial charge in [0.2, 0.25) is 11.5 Å². The largest absolute Gasteiger partial charge is 0.438 e.